The number of ether oxygens (including phenoxy) is 1. The number of alkyl halides is 2. The summed E-state index contributed by atoms with van der Waals surface area (Å²) < 4.78 is 32.1. The zero-order valence-electron chi connectivity index (χ0n) is 9.13. The summed E-state index contributed by atoms with van der Waals surface area (Å²) >= 11 is 3.28. The molecule has 0 aliphatic heterocycles. The fourth-order valence-corrected chi connectivity index (χ4v) is 2.28. The van der Waals surface area contributed by atoms with Crippen LogP contribution in [0.15, 0.2) is 16.7 Å². The number of anilines is 1. The van der Waals surface area contributed by atoms with Gasteiger partial charge in [-0.3, -0.25) is 0 Å². The van der Waals surface area contributed by atoms with E-state index in [1.54, 1.807) is 6.07 Å². The molecule has 1 aromatic heterocycles. The van der Waals surface area contributed by atoms with Gasteiger partial charge in [0.15, 0.2) is 0 Å². The van der Waals surface area contributed by atoms with Gasteiger partial charge in [0.2, 0.25) is 11.8 Å². The Morgan fingerprint density at radius 2 is 2.06 bits per heavy atom. The van der Waals surface area contributed by atoms with Crippen LogP contribution in [0.4, 0.5) is 14.5 Å². The topological polar surface area (TPSA) is 48.1 Å². The van der Waals surface area contributed by atoms with Crippen molar-refractivity contribution in [1.29, 1.82) is 0 Å². The Balaban J connectivity index is 1.98. The Morgan fingerprint density at radius 1 is 1.41 bits per heavy atom. The van der Waals surface area contributed by atoms with E-state index in [9.17, 15) is 8.78 Å². The summed E-state index contributed by atoms with van der Waals surface area (Å²) in [4.78, 5) is 4.03. The Bertz CT molecular complexity index is 404. The van der Waals surface area contributed by atoms with Gasteiger partial charge in [0.1, 0.15) is 6.10 Å². The SMILES string of the molecule is Nc1cnc(OC2CCC(F)(F)CC2)c(Br)c1. The molecule has 6 heteroatoms. The van der Waals surface area contributed by atoms with E-state index in [1.165, 1.54) is 6.20 Å². The van der Waals surface area contributed by atoms with Crippen molar-refractivity contribution >= 4 is 21.6 Å². The number of aromatic nitrogens is 1. The minimum absolute atomic E-state index is 0.121. The van der Waals surface area contributed by atoms with E-state index in [0.29, 0.717) is 28.9 Å². The Morgan fingerprint density at radius 3 is 2.65 bits per heavy atom. The number of halogens is 3. The van der Waals surface area contributed by atoms with Gasteiger partial charge in [-0.1, -0.05) is 0 Å². The molecule has 2 rings (SSSR count). The second kappa shape index (κ2) is 4.76. The summed E-state index contributed by atoms with van der Waals surface area (Å²) in [7, 11) is 0. The molecule has 0 atom stereocenters. The highest BCUT2D eigenvalue weighted by atomic mass is 79.9. The third kappa shape index (κ3) is 3.28. The molecular formula is C11H13BrF2N2O. The van der Waals surface area contributed by atoms with E-state index < -0.39 is 5.92 Å². The van der Waals surface area contributed by atoms with Crippen LogP contribution in [0.3, 0.4) is 0 Å². The third-order valence-electron chi connectivity index (χ3n) is 2.77. The van der Waals surface area contributed by atoms with E-state index >= 15 is 0 Å². The van der Waals surface area contributed by atoms with Gasteiger partial charge in [-0.25, -0.2) is 13.8 Å². The molecule has 0 aromatic carbocycles. The van der Waals surface area contributed by atoms with Crippen LogP contribution in [0.25, 0.3) is 0 Å². The second-order valence-electron chi connectivity index (χ2n) is 4.23. The minimum Gasteiger partial charge on any atom is -0.474 e. The summed E-state index contributed by atoms with van der Waals surface area (Å²) in [5, 5.41) is 0. The lowest BCUT2D eigenvalue weighted by Gasteiger charge is -2.28. The van der Waals surface area contributed by atoms with Gasteiger partial charge in [-0.2, -0.15) is 0 Å². The van der Waals surface area contributed by atoms with Crippen molar-refractivity contribution in [3.63, 3.8) is 0 Å². The van der Waals surface area contributed by atoms with Crippen LogP contribution >= 0.6 is 15.9 Å². The summed E-state index contributed by atoms with van der Waals surface area (Å²) in [6.07, 6.45) is 1.75. The van der Waals surface area contributed by atoms with Crippen LogP contribution in [0.2, 0.25) is 0 Å². The second-order valence-corrected chi connectivity index (χ2v) is 5.08. The molecule has 2 N–H and O–H groups in total. The average Bonchev–Trinajstić information content (AvgIpc) is 2.25. The molecule has 1 heterocycles. The predicted molar refractivity (Wildman–Crippen MR) is 64.2 cm³/mol. The molecule has 1 aliphatic carbocycles. The molecule has 0 amide bonds. The maximum Gasteiger partial charge on any atom is 0.248 e. The monoisotopic (exact) mass is 306 g/mol. The fraction of sp³-hybridized carbons (Fsp3) is 0.545. The number of nitrogens with zero attached hydrogens (tertiary/aromatic N) is 1. The smallest absolute Gasteiger partial charge is 0.248 e. The molecule has 0 saturated heterocycles. The molecule has 17 heavy (non-hydrogen) atoms. The zero-order chi connectivity index (χ0) is 12.5. The molecule has 0 spiro atoms. The van der Waals surface area contributed by atoms with Crippen LogP contribution in [-0.2, 0) is 0 Å². The van der Waals surface area contributed by atoms with Gasteiger partial charge in [-0.05, 0) is 34.8 Å². The van der Waals surface area contributed by atoms with E-state index in [1.807, 2.05) is 0 Å². The van der Waals surface area contributed by atoms with Crippen molar-refractivity contribution in [2.24, 2.45) is 0 Å². The summed E-state index contributed by atoms with van der Waals surface area (Å²) in [6, 6.07) is 1.68. The maximum atomic E-state index is 13.0. The molecule has 0 bridgehead atoms. The highest BCUT2D eigenvalue weighted by Crippen LogP contribution is 2.35. The van der Waals surface area contributed by atoms with Crippen molar-refractivity contribution in [2.75, 3.05) is 5.73 Å². The first-order chi connectivity index (χ1) is 7.96. The number of nitrogen functional groups attached to an aromatic ring is 1. The number of nitrogens with two attached hydrogens (primary N) is 1. The van der Waals surface area contributed by atoms with E-state index in [0.717, 1.165) is 0 Å². The van der Waals surface area contributed by atoms with Crippen molar-refractivity contribution < 1.29 is 13.5 Å². The van der Waals surface area contributed by atoms with Gasteiger partial charge in [0.05, 0.1) is 16.4 Å². The average molecular weight is 307 g/mol. The van der Waals surface area contributed by atoms with E-state index in [2.05, 4.69) is 20.9 Å². The van der Waals surface area contributed by atoms with Crippen LogP contribution in [0.1, 0.15) is 25.7 Å². The van der Waals surface area contributed by atoms with E-state index in [-0.39, 0.29) is 18.9 Å². The molecule has 0 radical (unpaired) electrons. The first-order valence-corrected chi connectivity index (χ1v) is 6.21. The highest BCUT2D eigenvalue weighted by molar-refractivity contribution is 9.10. The molecular weight excluding hydrogens is 294 g/mol. The zero-order valence-corrected chi connectivity index (χ0v) is 10.7. The van der Waals surface area contributed by atoms with Gasteiger partial charge < -0.3 is 10.5 Å². The highest BCUT2D eigenvalue weighted by Gasteiger charge is 2.35. The van der Waals surface area contributed by atoms with Gasteiger partial charge >= 0.3 is 0 Å². The van der Waals surface area contributed by atoms with E-state index in [4.69, 9.17) is 10.5 Å². The summed E-state index contributed by atoms with van der Waals surface area (Å²) in [5.74, 6) is -2.12. The number of hydrogen-bond acceptors (Lipinski definition) is 3. The minimum atomic E-state index is -2.54. The van der Waals surface area contributed by atoms with Crippen LogP contribution in [0.5, 0.6) is 5.88 Å². The number of rotatable bonds is 2. The summed E-state index contributed by atoms with van der Waals surface area (Å²) in [5.41, 5.74) is 6.08. The molecule has 94 valence electrons. The van der Waals surface area contributed by atoms with Crippen LogP contribution in [0, 0.1) is 0 Å². The lowest BCUT2D eigenvalue weighted by Crippen LogP contribution is -2.31. The van der Waals surface area contributed by atoms with Crippen LogP contribution in [-0.4, -0.2) is 17.0 Å². The first-order valence-electron chi connectivity index (χ1n) is 5.42. The lowest BCUT2D eigenvalue weighted by molar-refractivity contribution is -0.0589. The van der Waals surface area contributed by atoms with Crippen molar-refractivity contribution in [1.82, 2.24) is 4.98 Å². The van der Waals surface area contributed by atoms with Gasteiger partial charge in [0, 0.05) is 12.8 Å². The van der Waals surface area contributed by atoms with Crippen molar-refractivity contribution in [3.05, 3.63) is 16.7 Å². The quantitative estimate of drug-likeness (QED) is 0.911. The van der Waals surface area contributed by atoms with Gasteiger partial charge in [-0.15, -0.1) is 0 Å². The predicted octanol–water partition coefficient (Wildman–Crippen LogP) is 3.38. The Hall–Kier alpha value is -0.910. The third-order valence-corrected chi connectivity index (χ3v) is 3.34. The molecule has 1 aromatic rings. The molecule has 0 unspecified atom stereocenters. The molecule has 3 nitrogen and oxygen atoms in total. The number of pyridine rings is 1. The number of hydrogen-bond donors (Lipinski definition) is 1. The summed E-state index contributed by atoms with van der Waals surface area (Å²) in [6.45, 7) is 0. The van der Waals surface area contributed by atoms with Crippen molar-refractivity contribution in [3.8, 4) is 5.88 Å². The normalized spacial score (nSPS) is 20.2. The fourth-order valence-electron chi connectivity index (χ4n) is 1.82. The first kappa shape index (κ1) is 12.5. The maximum absolute atomic E-state index is 13.0. The lowest BCUT2D eigenvalue weighted by atomic mass is 9.94. The van der Waals surface area contributed by atoms with Gasteiger partial charge in [0.25, 0.3) is 0 Å². The Labute approximate surface area is 106 Å². The van der Waals surface area contributed by atoms with Crippen LogP contribution < -0.4 is 10.5 Å². The Kier molecular flexibility index (Phi) is 3.51. The molecule has 1 saturated carbocycles. The standard InChI is InChI=1S/C11H13BrF2N2O/c12-9-5-7(15)6-16-10(9)17-8-1-3-11(13,14)4-2-8/h5-6,8H,1-4,15H2. The molecule has 1 aliphatic rings. The van der Waals surface area contributed by atoms with Crippen molar-refractivity contribution in [2.45, 2.75) is 37.7 Å². The molecule has 1 fully saturated rings. The largest absolute Gasteiger partial charge is 0.474 e.